The van der Waals surface area contributed by atoms with E-state index in [4.69, 9.17) is 9.47 Å². The molecule has 0 saturated carbocycles. The Morgan fingerprint density at radius 2 is 2.16 bits per heavy atom. The van der Waals surface area contributed by atoms with Gasteiger partial charge >= 0.3 is 0 Å². The second kappa shape index (κ2) is 8.13. The highest BCUT2D eigenvalue weighted by atomic mass is 16.5. The minimum absolute atomic E-state index is 0.0493. The molecule has 1 saturated heterocycles. The molecule has 2 heterocycles. The lowest BCUT2D eigenvalue weighted by Crippen LogP contribution is -2.52. The zero-order valence-corrected chi connectivity index (χ0v) is 14.4. The number of hydrogen-bond acceptors (Lipinski definition) is 5. The molecule has 0 bridgehead atoms. The van der Waals surface area contributed by atoms with Crippen LogP contribution in [-0.4, -0.2) is 49.1 Å². The van der Waals surface area contributed by atoms with Crippen molar-refractivity contribution in [3.8, 4) is 5.75 Å². The van der Waals surface area contributed by atoms with Crippen LogP contribution < -0.4 is 15.4 Å². The molecule has 7 nitrogen and oxygen atoms in total. The van der Waals surface area contributed by atoms with Crippen molar-refractivity contribution in [2.45, 2.75) is 18.4 Å². The minimum Gasteiger partial charge on any atom is -0.491 e. The zero-order chi connectivity index (χ0) is 17.5. The van der Waals surface area contributed by atoms with E-state index in [-0.39, 0.29) is 5.91 Å². The Labute approximate surface area is 147 Å². The Bertz CT molecular complexity index is 681. The van der Waals surface area contributed by atoms with Crippen LogP contribution in [-0.2, 0) is 15.1 Å². The van der Waals surface area contributed by atoms with E-state index in [1.54, 1.807) is 18.0 Å². The summed E-state index contributed by atoms with van der Waals surface area (Å²) in [7, 11) is 1.63. The van der Waals surface area contributed by atoms with Crippen molar-refractivity contribution in [3.63, 3.8) is 0 Å². The smallest absolute Gasteiger partial charge is 0.252 e. The lowest BCUT2D eigenvalue weighted by atomic mass is 9.87. The number of nitrogens with zero attached hydrogens (tertiary/aromatic N) is 2. The van der Waals surface area contributed by atoms with Crippen LogP contribution in [0.1, 0.15) is 12.8 Å². The van der Waals surface area contributed by atoms with Crippen molar-refractivity contribution < 1.29 is 14.3 Å². The van der Waals surface area contributed by atoms with Crippen LogP contribution in [0, 0.1) is 0 Å². The summed E-state index contributed by atoms with van der Waals surface area (Å²) < 4.78 is 12.4. The first-order valence-electron chi connectivity index (χ1n) is 8.49. The molecule has 7 heteroatoms. The second-order valence-corrected chi connectivity index (χ2v) is 6.06. The summed E-state index contributed by atoms with van der Waals surface area (Å²) in [6.07, 6.45) is 4.96. The summed E-state index contributed by atoms with van der Waals surface area (Å²) in [6, 6.07) is 9.26. The van der Waals surface area contributed by atoms with Crippen LogP contribution in [0.25, 0.3) is 0 Å². The first kappa shape index (κ1) is 17.4. The van der Waals surface area contributed by atoms with Crippen LogP contribution >= 0.6 is 0 Å². The molecule has 0 unspecified atom stereocenters. The summed E-state index contributed by atoms with van der Waals surface area (Å²) in [4.78, 5) is 13.1. The van der Waals surface area contributed by atoms with E-state index in [1.165, 1.54) is 0 Å². The fourth-order valence-corrected chi connectivity index (χ4v) is 3.08. The maximum absolute atomic E-state index is 13.1. The number of piperidine rings is 1. The van der Waals surface area contributed by atoms with E-state index in [9.17, 15) is 4.79 Å². The zero-order valence-electron chi connectivity index (χ0n) is 14.4. The van der Waals surface area contributed by atoms with Crippen LogP contribution in [0.2, 0.25) is 0 Å². The molecular formula is C18H24N4O3. The van der Waals surface area contributed by atoms with Crippen molar-refractivity contribution >= 4 is 11.6 Å². The van der Waals surface area contributed by atoms with Crippen molar-refractivity contribution in [1.82, 2.24) is 15.1 Å². The third-order valence-electron chi connectivity index (χ3n) is 4.44. The van der Waals surface area contributed by atoms with E-state index in [0.717, 1.165) is 13.1 Å². The monoisotopic (exact) mass is 344 g/mol. The van der Waals surface area contributed by atoms with Gasteiger partial charge in [0.05, 0.1) is 6.61 Å². The highest BCUT2D eigenvalue weighted by molar-refractivity contribution is 5.96. The lowest BCUT2D eigenvalue weighted by molar-refractivity contribution is -0.126. The van der Waals surface area contributed by atoms with Gasteiger partial charge in [0.25, 0.3) is 5.91 Å². The number of carbonyl (C=O) groups is 1. The molecule has 3 rings (SSSR count). The fourth-order valence-electron chi connectivity index (χ4n) is 3.08. The number of aromatic nitrogens is 2. The second-order valence-electron chi connectivity index (χ2n) is 6.06. The van der Waals surface area contributed by atoms with Gasteiger partial charge in [-0.2, -0.15) is 5.10 Å². The fraction of sp³-hybridized carbons (Fsp3) is 0.444. The largest absolute Gasteiger partial charge is 0.491 e. The van der Waals surface area contributed by atoms with Gasteiger partial charge in [-0.25, -0.2) is 0 Å². The number of nitrogens with one attached hydrogen (secondary N) is 2. The average Bonchev–Trinajstić information content (AvgIpc) is 3.18. The first-order chi connectivity index (χ1) is 12.2. The van der Waals surface area contributed by atoms with Gasteiger partial charge in [0, 0.05) is 31.3 Å². The maximum Gasteiger partial charge on any atom is 0.252 e. The Kier molecular flexibility index (Phi) is 5.67. The molecule has 1 aliphatic rings. The van der Waals surface area contributed by atoms with E-state index < -0.39 is 5.54 Å². The van der Waals surface area contributed by atoms with E-state index in [2.05, 4.69) is 15.7 Å². The topological polar surface area (TPSA) is 77.4 Å². The molecule has 1 amide bonds. The van der Waals surface area contributed by atoms with Crippen molar-refractivity contribution in [2.24, 2.45) is 0 Å². The lowest BCUT2D eigenvalue weighted by Gasteiger charge is -2.36. The molecule has 0 radical (unpaired) electrons. The standard InChI is InChI=1S/C18H24N4O3/c1-24-12-13-25-16-5-2-4-15(14-16)21-17(23)18(6-9-19-10-7-18)22-11-3-8-20-22/h2-5,8,11,14,19H,6-7,9-10,12-13H2,1H3,(H,21,23). The van der Waals surface area contributed by atoms with Gasteiger partial charge in [0.2, 0.25) is 0 Å². The van der Waals surface area contributed by atoms with Gasteiger partial charge in [0.1, 0.15) is 17.9 Å². The molecule has 0 atom stereocenters. The van der Waals surface area contributed by atoms with Crippen LogP contribution in [0.15, 0.2) is 42.7 Å². The number of rotatable bonds is 7. The van der Waals surface area contributed by atoms with Crippen molar-refractivity contribution in [2.75, 3.05) is 38.7 Å². The normalized spacial score (nSPS) is 16.4. The number of amides is 1. The van der Waals surface area contributed by atoms with E-state index in [0.29, 0.717) is 37.5 Å². The van der Waals surface area contributed by atoms with Crippen LogP contribution in [0.3, 0.4) is 0 Å². The Balaban J connectivity index is 1.74. The van der Waals surface area contributed by atoms with Gasteiger partial charge in [-0.3, -0.25) is 9.48 Å². The molecule has 1 aliphatic heterocycles. The van der Waals surface area contributed by atoms with Gasteiger partial charge in [-0.05, 0) is 44.1 Å². The molecule has 0 aliphatic carbocycles. The van der Waals surface area contributed by atoms with Crippen molar-refractivity contribution in [1.29, 1.82) is 0 Å². The van der Waals surface area contributed by atoms with Crippen molar-refractivity contribution in [3.05, 3.63) is 42.7 Å². The molecule has 2 N–H and O–H groups in total. The number of hydrogen-bond donors (Lipinski definition) is 2. The predicted molar refractivity (Wildman–Crippen MR) is 94.7 cm³/mol. The van der Waals surface area contributed by atoms with E-state index >= 15 is 0 Å². The SMILES string of the molecule is COCCOc1cccc(NC(=O)C2(n3cccn3)CCNCC2)c1. The molecule has 1 aromatic heterocycles. The molecule has 2 aromatic rings. The van der Waals surface area contributed by atoms with Crippen LogP contribution in [0.4, 0.5) is 5.69 Å². The van der Waals surface area contributed by atoms with Gasteiger partial charge in [-0.1, -0.05) is 6.07 Å². The van der Waals surface area contributed by atoms with E-state index in [1.807, 2.05) is 36.5 Å². The molecular weight excluding hydrogens is 320 g/mol. The summed E-state index contributed by atoms with van der Waals surface area (Å²) in [5.74, 6) is 0.653. The Hall–Kier alpha value is -2.38. The Morgan fingerprint density at radius 3 is 2.88 bits per heavy atom. The molecule has 0 spiro atoms. The summed E-state index contributed by atoms with van der Waals surface area (Å²) >= 11 is 0. The molecule has 25 heavy (non-hydrogen) atoms. The van der Waals surface area contributed by atoms with Crippen LogP contribution in [0.5, 0.6) is 5.75 Å². The average molecular weight is 344 g/mol. The molecule has 134 valence electrons. The third-order valence-corrected chi connectivity index (χ3v) is 4.44. The first-order valence-corrected chi connectivity index (χ1v) is 8.49. The number of ether oxygens (including phenoxy) is 2. The molecule has 1 fully saturated rings. The number of methoxy groups -OCH3 is 1. The summed E-state index contributed by atoms with van der Waals surface area (Å²) in [5, 5.41) is 10.7. The van der Waals surface area contributed by atoms with Gasteiger partial charge < -0.3 is 20.1 Å². The highest BCUT2D eigenvalue weighted by Crippen LogP contribution is 2.29. The third kappa shape index (κ3) is 4.00. The highest BCUT2D eigenvalue weighted by Gasteiger charge is 2.42. The minimum atomic E-state index is -0.665. The Morgan fingerprint density at radius 1 is 1.32 bits per heavy atom. The number of carbonyl (C=O) groups excluding carboxylic acids is 1. The predicted octanol–water partition coefficient (Wildman–Crippen LogP) is 1.63. The summed E-state index contributed by atoms with van der Waals surface area (Å²) in [6.45, 7) is 2.56. The maximum atomic E-state index is 13.1. The number of benzene rings is 1. The summed E-state index contributed by atoms with van der Waals surface area (Å²) in [5.41, 5.74) is 0.0479. The van der Waals surface area contributed by atoms with Gasteiger partial charge in [-0.15, -0.1) is 0 Å². The van der Waals surface area contributed by atoms with Gasteiger partial charge in [0.15, 0.2) is 0 Å². The quantitative estimate of drug-likeness (QED) is 0.747. The molecule has 1 aromatic carbocycles. The number of anilines is 1.